The number of hydrogen-bond acceptors (Lipinski definition) is 5. The van der Waals surface area contributed by atoms with Crippen LogP contribution >= 0.6 is 12.2 Å². The standard InChI is InChI=1S/C27H27N3O4S/c31-25(22-11-5-7-13-24(22)34-17-14-20-8-2-1-3-9-20)29-27(35)28-23-12-6-4-10-21(23)26(32)30-15-18-33-19-16-30/h1-13H,14-19H2,(H2,28,29,31,35). The highest BCUT2D eigenvalue weighted by molar-refractivity contribution is 7.80. The molecule has 1 heterocycles. The van der Waals surface area contributed by atoms with Crippen LogP contribution in [0.1, 0.15) is 26.3 Å². The Bertz CT molecular complexity index is 1180. The van der Waals surface area contributed by atoms with Crippen LogP contribution in [0, 0.1) is 0 Å². The summed E-state index contributed by atoms with van der Waals surface area (Å²) in [7, 11) is 0. The lowest BCUT2D eigenvalue weighted by Gasteiger charge is -2.27. The van der Waals surface area contributed by atoms with Gasteiger partial charge in [0.2, 0.25) is 0 Å². The highest BCUT2D eigenvalue weighted by Crippen LogP contribution is 2.20. The number of carbonyl (C=O) groups is 2. The van der Waals surface area contributed by atoms with E-state index in [1.165, 1.54) is 0 Å². The van der Waals surface area contributed by atoms with Gasteiger partial charge in [-0.15, -0.1) is 0 Å². The molecule has 3 aromatic carbocycles. The number of benzene rings is 3. The predicted molar refractivity (Wildman–Crippen MR) is 139 cm³/mol. The molecule has 1 aliphatic heterocycles. The number of anilines is 1. The van der Waals surface area contributed by atoms with Gasteiger partial charge in [0.1, 0.15) is 5.75 Å². The first-order valence-electron chi connectivity index (χ1n) is 11.5. The van der Waals surface area contributed by atoms with Gasteiger partial charge in [-0.05, 0) is 42.0 Å². The van der Waals surface area contributed by atoms with E-state index in [4.69, 9.17) is 21.7 Å². The number of amides is 2. The van der Waals surface area contributed by atoms with Crippen molar-refractivity contribution < 1.29 is 19.1 Å². The number of nitrogens with one attached hydrogen (secondary N) is 2. The van der Waals surface area contributed by atoms with Gasteiger partial charge in [0.25, 0.3) is 11.8 Å². The van der Waals surface area contributed by atoms with Gasteiger partial charge in [0.05, 0.1) is 36.6 Å². The first kappa shape index (κ1) is 24.4. The van der Waals surface area contributed by atoms with Crippen molar-refractivity contribution in [1.29, 1.82) is 0 Å². The van der Waals surface area contributed by atoms with Crippen molar-refractivity contribution in [2.45, 2.75) is 6.42 Å². The number of morpholine rings is 1. The van der Waals surface area contributed by atoms with E-state index in [0.717, 1.165) is 12.0 Å². The normalized spacial score (nSPS) is 13.1. The Kier molecular flexibility index (Phi) is 8.43. The molecule has 0 radical (unpaired) electrons. The highest BCUT2D eigenvalue weighted by Gasteiger charge is 2.21. The fourth-order valence-corrected chi connectivity index (χ4v) is 3.95. The molecule has 2 N–H and O–H groups in total. The van der Waals surface area contributed by atoms with Gasteiger partial charge < -0.3 is 19.7 Å². The van der Waals surface area contributed by atoms with Crippen LogP contribution in [-0.4, -0.2) is 54.7 Å². The van der Waals surface area contributed by atoms with Crippen molar-refractivity contribution in [3.8, 4) is 5.75 Å². The van der Waals surface area contributed by atoms with Crippen molar-refractivity contribution in [2.75, 3.05) is 38.2 Å². The van der Waals surface area contributed by atoms with E-state index in [1.807, 2.05) is 36.4 Å². The summed E-state index contributed by atoms with van der Waals surface area (Å²) < 4.78 is 11.2. The predicted octanol–water partition coefficient (Wildman–Crippen LogP) is 3.91. The molecule has 8 heteroatoms. The summed E-state index contributed by atoms with van der Waals surface area (Å²) in [6.45, 7) is 2.55. The van der Waals surface area contributed by atoms with E-state index < -0.39 is 5.91 Å². The summed E-state index contributed by atoms with van der Waals surface area (Å²) in [4.78, 5) is 27.7. The maximum atomic E-state index is 13.0. The Labute approximate surface area is 210 Å². The van der Waals surface area contributed by atoms with Crippen LogP contribution in [0.4, 0.5) is 5.69 Å². The molecular weight excluding hydrogens is 462 g/mol. The molecule has 0 aliphatic carbocycles. The molecule has 4 rings (SSSR count). The number of carbonyl (C=O) groups excluding carboxylic acids is 2. The second-order valence-corrected chi connectivity index (χ2v) is 8.35. The highest BCUT2D eigenvalue weighted by atomic mass is 32.1. The molecule has 0 unspecified atom stereocenters. The summed E-state index contributed by atoms with van der Waals surface area (Å²) >= 11 is 5.38. The first-order chi connectivity index (χ1) is 17.1. The Morgan fingerprint density at radius 3 is 2.31 bits per heavy atom. The van der Waals surface area contributed by atoms with Gasteiger partial charge in [-0.25, -0.2) is 0 Å². The number of nitrogens with zero attached hydrogens (tertiary/aromatic N) is 1. The molecule has 0 saturated carbocycles. The van der Waals surface area contributed by atoms with E-state index in [9.17, 15) is 9.59 Å². The van der Waals surface area contributed by atoms with Gasteiger partial charge in [-0.1, -0.05) is 54.6 Å². The van der Waals surface area contributed by atoms with Gasteiger partial charge in [0, 0.05) is 19.5 Å². The van der Waals surface area contributed by atoms with Crippen LogP contribution in [0.3, 0.4) is 0 Å². The zero-order valence-corrected chi connectivity index (χ0v) is 20.1. The second kappa shape index (κ2) is 12.1. The average molecular weight is 490 g/mol. The lowest BCUT2D eigenvalue weighted by atomic mass is 10.1. The number of rotatable bonds is 7. The van der Waals surface area contributed by atoms with E-state index in [-0.39, 0.29) is 11.0 Å². The minimum absolute atomic E-state index is 0.0938. The third-order valence-electron chi connectivity index (χ3n) is 5.55. The lowest BCUT2D eigenvalue weighted by molar-refractivity contribution is 0.0303. The van der Waals surface area contributed by atoms with E-state index in [0.29, 0.717) is 55.5 Å². The Morgan fingerprint density at radius 1 is 0.886 bits per heavy atom. The zero-order valence-electron chi connectivity index (χ0n) is 19.2. The number of hydrogen-bond donors (Lipinski definition) is 2. The second-order valence-electron chi connectivity index (χ2n) is 7.94. The van der Waals surface area contributed by atoms with Gasteiger partial charge in [-0.3, -0.25) is 14.9 Å². The molecule has 0 aromatic heterocycles. The third-order valence-corrected chi connectivity index (χ3v) is 5.76. The summed E-state index contributed by atoms with van der Waals surface area (Å²) in [5, 5.41) is 5.78. The number of para-hydroxylation sites is 2. The molecule has 7 nitrogen and oxygen atoms in total. The van der Waals surface area contributed by atoms with E-state index >= 15 is 0 Å². The van der Waals surface area contributed by atoms with Crippen LogP contribution < -0.4 is 15.4 Å². The van der Waals surface area contributed by atoms with Crippen molar-refractivity contribution in [1.82, 2.24) is 10.2 Å². The molecule has 180 valence electrons. The first-order valence-corrected chi connectivity index (χ1v) is 11.9. The Hall–Kier alpha value is -3.75. The zero-order chi connectivity index (χ0) is 24.5. The van der Waals surface area contributed by atoms with E-state index in [2.05, 4.69) is 10.6 Å². The summed E-state index contributed by atoms with van der Waals surface area (Å²) in [5.74, 6) is -0.0240. The molecule has 1 fully saturated rings. The fourth-order valence-electron chi connectivity index (χ4n) is 3.74. The molecule has 0 bridgehead atoms. The van der Waals surface area contributed by atoms with E-state index in [1.54, 1.807) is 47.4 Å². The molecule has 1 aliphatic rings. The van der Waals surface area contributed by atoms with Crippen LogP contribution in [0.15, 0.2) is 78.9 Å². The van der Waals surface area contributed by atoms with Crippen molar-refractivity contribution in [2.24, 2.45) is 0 Å². The van der Waals surface area contributed by atoms with Crippen molar-refractivity contribution in [3.05, 3.63) is 95.6 Å². The Morgan fingerprint density at radius 2 is 1.54 bits per heavy atom. The van der Waals surface area contributed by atoms with Crippen LogP contribution in [0.5, 0.6) is 5.75 Å². The molecule has 35 heavy (non-hydrogen) atoms. The maximum absolute atomic E-state index is 13.0. The SMILES string of the molecule is O=C(NC(=S)Nc1ccccc1C(=O)N1CCOCC1)c1ccccc1OCCc1ccccc1. The quantitative estimate of drug-likeness (QED) is 0.490. The minimum atomic E-state index is -0.394. The number of ether oxygens (including phenoxy) is 2. The molecule has 0 spiro atoms. The molecule has 3 aromatic rings. The third kappa shape index (κ3) is 6.65. The van der Waals surface area contributed by atoms with Crippen LogP contribution in [0.2, 0.25) is 0 Å². The molecular formula is C27H27N3O4S. The smallest absolute Gasteiger partial charge is 0.261 e. The summed E-state index contributed by atoms with van der Waals surface area (Å²) in [6.07, 6.45) is 0.727. The lowest BCUT2D eigenvalue weighted by Crippen LogP contribution is -2.41. The maximum Gasteiger partial charge on any atom is 0.261 e. The molecule has 2 amide bonds. The van der Waals surface area contributed by atoms with Gasteiger partial charge >= 0.3 is 0 Å². The van der Waals surface area contributed by atoms with Gasteiger partial charge in [-0.2, -0.15) is 0 Å². The van der Waals surface area contributed by atoms with Crippen molar-refractivity contribution >= 4 is 34.8 Å². The minimum Gasteiger partial charge on any atom is -0.492 e. The summed E-state index contributed by atoms with van der Waals surface area (Å²) in [5.41, 5.74) is 2.55. The molecule has 1 saturated heterocycles. The van der Waals surface area contributed by atoms with Crippen molar-refractivity contribution in [3.63, 3.8) is 0 Å². The largest absolute Gasteiger partial charge is 0.492 e. The monoisotopic (exact) mass is 489 g/mol. The number of thiocarbonyl (C=S) groups is 1. The van der Waals surface area contributed by atoms with Gasteiger partial charge in [0.15, 0.2) is 5.11 Å². The average Bonchev–Trinajstić information content (AvgIpc) is 2.90. The van der Waals surface area contributed by atoms with Crippen LogP contribution in [-0.2, 0) is 11.2 Å². The fraction of sp³-hybridized carbons (Fsp3) is 0.222. The topological polar surface area (TPSA) is 79.9 Å². The summed E-state index contributed by atoms with van der Waals surface area (Å²) in [6, 6.07) is 24.1. The molecule has 0 atom stereocenters. The van der Waals surface area contributed by atoms with Crippen LogP contribution in [0.25, 0.3) is 0 Å². The Balaban J connectivity index is 1.38.